The predicted octanol–water partition coefficient (Wildman–Crippen LogP) is 1.70. The van der Waals surface area contributed by atoms with Crippen LogP contribution in [0, 0.1) is 5.82 Å². The molecule has 0 aliphatic carbocycles. The highest BCUT2D eigenvalue weighted by atomic mass is 19.1. The van der Waals surface area contributed by atoms with Crippen LogP contribution in [0.2, 0.25) is 0 Å². The SMILES string of the molecule is O=C(COc1ccc(F)cc1)NCc1ccccc1C[NH+]1CCCC1. The third-order valence-corrected chi connectivity index (χ3v) is 4.53. The Morgan fingerprint density at radius 2 is 1.72 bits per heavy atom. The summed E-state index contributed by atoms with van der Waals surface area (Å²) in [5, 5.41) is 2.90. The summed E-state index contributed by atoms with van der Waals surface area (Å²) in [5.74, 6) is -0.0317. The summed E-state index contributed by atoms with van der Waals surface area (Å²) < 4.78 is 18.2. The highest BCUT2D eigenvalue weighted by Crippen LogP contribution is 2.11. The fraction of sp³-hybridized carbons (Fsp3) is 0.350. The first-order chi connectivity index (χ1) is 12.2. The molecule has 4 nitrogen and oxygen atoms in total. The number of quaternary nitrogens is 1. The molecule has 0 spiro atoms. The minimum atomic E-state index is -0.325. The zero-order valence-electron chi connectivity index (χ0n) is 14.3. The molecule has 0 bridgehead atoms. The molecule has 0 unspecified atom stereocenters. The minimum Gasteiger partial charge on any atom is -0.484 e. The van der Waals surface area contributed by atoms with Crippen molar-refractivity contribution in [3.8, 4) is 5.75 Å². The zero-order valence-corrected chi connectivity index (χ0v) is 14.3. The number of rotatable bonds is 7. The molecule has 0 saturated carbocycles. The first-order valence-corrected chi connectivity index (χ1v) is 8.76. The maximum absolute atomic E-state index is 12.8. The number of hydrogen-bond donors (Lipinski definition) is 2. The molecule has 25 heavy (non-hydrogen) atoms. The third-order valence-electron chi connectivity index (χ3n) is 4.53. The summed E-state index contributed by atoms with van der Waals surface area (Å²) in [6.45, 7) is 3.89. The van der Waals surface area contributed by atoms with Crippen LogP contribution in [0.5, 0.6) is 5.75 Å². The summed E-state index contributed by atoms with van der Waals surface area (Å²) in [4.78, 5) is 13.6. The van der Waals surface area contributed by atoms with Gasteiger partial charge in [0.25, 0.3) is 5.91 Å². The molecule has 2 N–H and O–H groups in total. The molecule has 1 saturated heterocycles. The lowest BCUT2D eigenvalue weighted by Gasteiger charge is -2.15. The van der Waals surface area contributed by atoms with Gasteiger partial charge in [0.1, 0.15) is 18.1 Å². The Hall–Kier alpha value is -2.40. The van der Waals surface area contributed by atoms with Gasteiger partial charge in [0.05, 0.1) is 13.1 Å². The van der Waals surface area contributed by atoms with E-state index < -0.39 is 0 Å². The number of halogens is 1. The van der Waals surface area contributed by atoms with E-state index in [1.807, 2.05) is 12.1 Å². The molecular weight excluding hydrogens is 319 g/mol. The van der Waals surface area contributed by atoms with Crippen LogP contribution < -0.4 is 15.0 Å². The summed E-state index contributed by atoms with van der Waals surface area (Å²) >= 11 is 0. The molecule has 0 atom stereocenters. The van der Waals surface area contributed by atoms with Crippen molar-refractivity contribution >= 4 is 5.91 Å². The first-order valence-electron chi connectivity index (χ1n) is 8.76. The Balaban J connectivity index is 1.49. The Bertz CT molecular complexity index is 697. The van der Waals surface area contributed by atoms with E-state index in [-0.39, 0.29) is 18.3 Å². The Labute approximate surface area is 147 Å². The molecule has 3 rings (SSSR count). The van der Waals surface area contributed by atoms with Gasteiger partial charge in [0, 0.05) is 24.9 Å². The standard InChI is InChI=1S/C20H23FN2O2/c21-18-7-9-19(10-8-18)25-15-20(24)22-13-16-5-1-2-6-17(16)14-23-11-3-4-12-23/h1-2,5-10H,3-4,11-15H2,(H,22,24)/p+1. The van der Waals surface area contributed by atoms with Gasteiger partial charge in [-0.05, 0) is 29.8 Å². The Kier molecular flexibility index (Phi) is 6.01. The van der Waals surface area contributed by atoms with Crippen molar-refractivity contribution < 1.29 is 18.8 Å². The summed E-state index contributed by atoms with van der Waals surface area (Å²) in [5.41, 5.74) is 2.44. The van der Waals surface area contributed by atoms with Crippen LogP contribution in [0.3, 0.4) is 0 Å². The smallest absolute Gasteiger partial charge is 0.258 e. The zero-order chi connectivity index (χ0) is 17.5. The second kappa shape index (κ2) is 8.62. The van der Waals surface area contributed by atoms with E-state index in [1.54, 1.807) is 4.90 Å². The minimum absolute atomic E-state index is 0.0782. The van der Waals surface area contributed by atoms with Crippen molar-refractivity contribution in [2.45, 2.75) is 25.9 Å². The summed E-state index contributed by atoms with van der Waals surface area (Å²) in [7, 11) is 0. The number of amides is 1. The van der Waals surface area contributed by atoms with Crippen LogP contribution in [0.1, 0.15) is 24.0 Å². The van der Waals surface area contributed by atoms with Crippen LogP contribution in [0.25, 0.3) is 0 Å². The Morgan fingerprint density at radius 1 is 1.04 bits per heavy atom. The summed E-state index contributed by atoms with van der Waals surface area (Å²) in [6, 6.07) is 13.9. The lowest BCUT2D eigenvalue weighted by molar-refractivity contribution is -0.901. The largest absolute Gasteiger partial charge is 0.484 e. The number of benzene rings is 2. The molecular formula is C20H24FN2O2+. The number of likely N-dealkylation sites (tertiary alicyclic amines) is 1. The lowest BCUT2D eigenvalue weighted by Crippen LogP contribution is -3.08. The van der Waals surface area contributed by atoms with Gasteiger partial charge >= 0.3 is 0 Å². The molecule has 1 heterocycles. The van der Waals surface area contributed by atoms with E-state index in [9.17, 15) is 9.18 Å². The van der Waals surface area contributed by atoms with E-state index in [0.717, 1.165) is 12.1 Å². The van der Waals surface area contributed by atoms with E-state index in [4.69, 9.17) is 4.74 Å². The van der Waals surface area contributed by atoms with Crippen LogP contribution in [0.15, 0.2) is 48.5 Å². The number of hydrogen-bond acceptors (Lipinski definition) is 2. The predicted molar refractivity (Wildman–Crippen MR) is 93.8 cm³/mol. The highest BCUT2D eigenvalue weighted by Gasteiger charge is 2.17. The second-order valence-electron chi connectivity index (χ2n) is 6.42. The van der Waals surface area contributed by atoms with Gasteiger partial charge < -0.3 is 15.0 Å². The van der Waals surface area contributed by atoms with E-state index in [2.05, 4.69) is 17.4 Å². The maximum Gasteiger partial charge on any atom is 0.258 e. The van der Waals surface area contributed by atoms with E-state index in [0.29, 0.717) is 12.3 Å². The maximum atomic E-state index is 12.8. The fourth-order valence-corrected chi connectivity index (χ4v) is 3.15. The van der Waals surface area contributed by atoms with Gasteiger partial charge in [-0.3, -0.25) is 4.79 Å². The molecule has 1 amide bonds. The molecule has 1 fully saturated rings. The number of carbonyl (C=O) groups is 1. The Morgan fingerprint density at radius 3 is 2.44 bits per heavy atom. The molecule has 0 radical (unpaired) electrons. The van der Waals surface area contributed by atoms with Crippen molar-refractivity contribution in [3.05, 3.63) is 65.5 Å². The topological polar surface area (TPSA) is 42.8 Å². The van der Waals surface area contributed by atoms with E-state index >= 15 is 0 Å². The van der Waals surface area contributed by atoms with Crippen molar-refractivity contribution in [2.24, 2.45) is 0 Å². The molecule has 132 valence electrons. The van der Waals surface area contributed by atoms with Crippen LogP contribution in [-0.4, -0.2) is 25.6 Å². The molecule has 1 aliphatic heterocycles. The molecule has 5 heteroatoms. The highest BCUT2D eigenvalue weighted by molar-refractivity contribution is 5.77. The number of ether oxygens (including phenoxy) is 1. The van der Waals surface area contributed by atoms with Gasteiger partial charge in [-0.15, -0.1) is 0 Å². The van der Waals surface area contributed by atoms with Crippen LogP contribution >= 0.6 is 0 Å². The molecule has 1 aliphatic rings. The first kappa shape index (κ1) is 17.4. The molecule has 2 aromatic rings. The monoisotopic (exact) mass is 343 g/mol. The van der Waals surface area contributed by atoms with E-state index in [1.165, 1.54) is 55.8 Å². The van der Waals surface area contributed by atoms with Crippen molar-refractivity contribution in [3.63, 3.8) is 0 Å². The average Bonchev–Trinajstić information content (AvgIpc) is 3.13. The van der Waals surface area contributed by atoms with Gasteiger partial charge in [0.2, 0.25) is 0 Å². The van der Waals surface area contributed by atoms with Gasteiger partial charge in [-0.25, -0.2) is 4.39 Å². The van der Waals surface area contributed by atoms with Crippen molar-refractivity contribution in [2.75, 3.05) is 19.7 Å². The number of carbonyl (C=O) groups excluding carboxylic acids is 1. The molecule has 0 aromatic heterocycles. The van der Waals surface area contributed by atoms with Crippen LogP contribution in [-0.2, 0) is 17.9 Å². The van der Waals surface area contributed by atoms with Crippen molar-refractivity contribution in [1.29, 1.82) is 0 Å². The molecule has 2 aromatic carbocycles. The summed E-state index contributed by atoms with van der Waals surface area (Å²) in [6.07, 6.45) is 2.60. The average molecular weight is 343 g/mol. The van der Waals surface area contributed by atoms with Crippen molar-refractivity contribution in [1.82, 2.24) is 5.32 Å². The van der Waals surface area contributed by atoms with Gasteiger partial charge in [0.15, 0.2) is 6.61 Å². The van der Waals surface area contributed by atoms with Gasteiger partial charge in [-0.2, -0.15) is 0 Å². The quantitative estimate of drug-likeness (QED) is 0.804. The van der Waals surface area contributed by atoms with Crippen LogP contribution in [0.4, 0.5) is 4.39 Å². The number of nitrogens with one attached hydrogen (secondary N) is 2. The van der Waals surface area contributed by atoms with Gasteiger partial charge in [-0.1, -0.05) is 24.3 Å². The normalized spacial score (nSPS) is 14.4. The third kappa shape index (κ3) is 5.29. The fourth-order valence-electron chi connectivity index (χ4n) is 3.15. The second-order valence-corrected chi connectivity index (χ2v) is 6.42. The lowest BCUT2D eigenvalue weighted by atomic mass is 10.1.